The molecule has 0 aromatic heterocycles. The van der Waals surface area contributed by atoms with Crippen LogP contribution in [0.3, 0.4) is 0 Å². The SMILES string of the molecule is CC(c1ccccc1C(F)(F)F)N1CCCC(CCN)C1. The van der Waals surface area contributed by atoms with E-state index in [1.807, 2.05) is 6.92 Å². The van der Waals surface area contributed by atoms with Gasteiger partial charge >= 0.3 is 6.18 Å². The molecule has 0 saturated carbocycles. The van der Waals surface area contributed by atoms with Gasteiger partial charge < -0.3 is 5.73 Å². The normalized spacial score (nSPS) is 22.2. The predicted molar refractivity (Wildman–Crippen MR) is 77.8 cm³/mol. The Morgan fingerprint density at radius 1 is 1.33 bits per heavy atom. The number of piperidine rings is 1. The Hall–Kier alpha value is -1.07. The van der Waals surface area contributed by atoms with E-state index in [9.17, 15) is 13.2 Å². The summed E-state index contributed by atoms with van der Waals surface area (Å²) >= 11 is 0. The zero-order valence-corrected chi connectivity index (χ0v) is 12.4. The molecule has 21 heavy (non-hydrogen) atoms. The number of likely N-dealkylation sites (tertiary alicyclic amines) is 1. The van der Waals surface area contributed by atoms with Crippen molar-refractivity contribution in [1.82, 2.24) is 4.90 Å². The van der Waals surface area contributed by atoms with Gasteiger partial charge in [0.25, 0.3) is 0 Å². The van der Waals surface area contributed by atoms with Crippen molar-refractivity contribution in [3.63, 3.8) is 0 Å². The molecule has 0 radical (unpaired) electrons. The summed E-state index contributed by atoms with van der Waals surface area (Å²) in [7, 11) is 0. The van der Waals surface area contributed by atoms with Crippen LogP contribution in [0.2, 0.25) is 0 Å². The quantitative estimate of drug-likeness (QED) is 0.915. The van der Waals surface area contributed by atoms with E-state index in [1.165, 1.54) is 12.1 Å². The van der Waals surface area contributed by atoms with Gasteiger partial charge in [0.1, 0.15) is 0 Å². The second-order valence-corrected chi connectivity index (χ2v) is 5.84. The molecule has 1 aliphatic heterocycles. The van der Waals surface area contributed by atoms with Crippen molar-refractivity contribution in [2.24, 2.45) is 11.7 Å². The third-order valence-corrected chi connectivity index (χ3v) is 4.39. The van der Waals surface area contributed by atoms with Crippen molar-refractivity contribution in [1.29, 1.82) is 0 Å². The number of halogens is 3. The molecule has 0 spiro atoms. The van der Waals surface area contributed by atoms with E-state index in [0.717, 1.165) is 32.4 Å². The van der Waals surface area contributed by atoms with Crippen LogP contribution in [0.25, 0.3) is 0 Å². The molecular formula is C16H23F3N2. The fourth-order valence-corrected chi connectivity index (χ4v) is 3.24. The molecule has 5 heteroatoms. The first kappa shape index (κ1) is 16.3. The van der Waals surface area contributed by atoms with Crippen molar-refractivity contribution in [3.05, 3.63) is 35.4 Å². The molecule has 1 aromatic carbocycles. The zero-order valence-electron chi connectivity index (χ0n) is 12.4. The number of nitrogens with two attached hydrogens (primary N) is 1. The molecule has 2 unspecified atom stereocenters. The van der Waals surface area contributed by atoms with E-state index in [0.29, 0.717) is 18.0 Å². The van der Waals surface area contributed by atoms with Crippen LogP contribution >= 0.6 is 0 Å². The monoisotopic (exact) mass is 300 g/mol. The van der Waals surface area contributed by atoms with Gasteiger partial charge in [-0.1, -0.05) is 18.2 Å². The van der Waals surface area contributed by atoms with Gasteiger partial charge in [-0.3, -0.25) is 4.90 Å². The lowest BCUT2D eigenvalue weighted by Crippen LogP contribution is -2.38. The van der Waals surface area contributed by atoms with Crippen molar-refractivity contribution in [2.45, 2.75) is 38.4 Å². The van der Waals surface area contributed by atoms with Crippen molar-refractivity contribution in [2.75, 3.05) is 19.6 Å². The van der Waals surface area contributed by atoms with Crippen LogP contribution in [0.5, 0.6) is 0 Å². The average molecular weight is 300 g/mol. The van der Waals surface area contributed by atoms with E-state index in [2.05, 4.69) is 4.90 Å². The molecule has 0 amide bonds. The van der Waals surface area contributed by atoms with Gasteiger partial charge in [0, 0.05) is 12.6 Å². The fourth-order valence-electron chi connectivity index (χ4n) is 3.24. The highest BCUT2D eigenvalue weighted by Crippen LogP contribution is 2.37. The molecule has 1 fully saturated rings. The van der Waals surface area contributed by atoms with Gasteiger partial charge in [0.15, 0.2) is 0 Å². The molecule has 118 valence electrons. The van der Waals surface area contributed by atoms with Crippen LogP contribution in [0.15, 0.2) is 24.3 Å². The summed E-state index contributed by atoms with van der Waals surface area (Å²) in [4.78, 5) is 2.16. The molecule has 2 rings (SSSR count). The molecule has 0 bridgehead atoms. The number of benzene rings is 1. The predicted octanol–water partition coefficient (Wildman–Crippen LogP) is 3.83. The molecule has 0 aliphatic carbocycles. The Balaban J connectivity index is 2.18. The molecular weight excluding hydrogens is 277 g/mol. The second kappa shape index (κ2) is 6.79. The van der Waals surface area contributed by atoms with Crippen LogP contribution in [0.4, 0.5) is 13.2 Å². The Labute approximate surface area is 124 Å². The molecule has 2 nitrogen and oxygen atoms in total. The van der Waals surface area contributed by atoms with E-state index in [-0.39, 0.29) is 6.04 Å². The maximum atomic E-state index is 13.1. The first-order valence-corrected chi connectivity index (χ1v) is 7.53. The smallest absolute Gasteiger partial charge is 0.330 e. The zero-order chi connectivity index (χ0) is 15.5. The highest BCUT2D eigenvalue weighted by atomic mass is 19.4. The van der Waals surface area contributed by atoms with E-state index < -0.39 is 11.7 Å². The average Bonchev–Trinajstić information content (AvgIpc) is 2.46. The van der Waals surface area contributed by atoms with E-state index >= 15 is 0 Å². The highest BCUT2D eigenvalue weighted by Gasteiger charge is 2.35. The summed E-state index contributed by atoms with van der Waals surface area (Å²) in [6, 6.07) is 5.69. The Kier molecular flexibility index (Phi) is 5.27. The maximum absolute atomic E-state index is 13.1. The van der Waals surface area contributed by atoms with E-state index in [4.69, 9.17) is 5.73 Å². The lowest BCUT2D eigenvalue weighted by molar-refractivity contribution is -0.138. The minimum atomic E-state index is -4.29. The molecule has 1 heterocycles. The standard InChI is InChI=1S/C16H23F3N2/c1-12(21-10-4-5-13(11-21)8-9-20)14-6-2-3-7-15(14)16(17,18)19/h2-3,6-7,12-13H,4-5,8-11,20H2,1H3. The van der Waals surface area contributed by atoms with Gasteiger partial charge in [-0.15, -0.1) is 0 Å². The lowest BCUT2D eigenvalue weighted by Gasteiger charge is -2.37. The first-order valence-electron chi connectivity index (χ1n) is 7.53. The van der Waals surface area contributed by atoms with Gasteiger partial charge in [-0.25, -0.2) is 0 Å². The lowest BCUT2D eigenvalue weighted by atomic mass is 9.91. The maximum Gasteiger partial charge on any atom is 0.416 e. The van der Waals surface area contributed by atoms with Crippen LogP contribution in [-0.2, 0) is 6.18 Å². The topological polar surface area (TPSA) is 29.3 Å². The number of hydrogen-bond acceptors (Lipinski definition) is 2. The summed E-state index contributed by atoms with van der Waals surface area (Å²) < 4.78 is 39.4. The number of alkyl halides is 3. The molecule has 1 aromatic rings. The van der Waals surface area contributed by atoms with Gasteiger partial charge in [0.2, 0.25) is 0 Å². The van der Waals surface area contributed by atoms with Gasteiger partial charge in [0.05, 0.1) is 5.56 Å². The summed E-state index contributed by atoms with van der Waals surface area (Å²) in [6.45, 7) is 4.21. The van der Waals surface area contributed by atoms with Crippen LogP contribution < -0.4 is 5.73 Å². The number of hydrogen-bond donors (Lipinski definition) is 1. The summed E-state index contributed by atoms with van der Waals surface area (Å²) in [5, 5.41) is 0. The van der Waals surface area contributed by atoms with Gasteiger partial charge in [-0.05, 0) is 56.8 Å². The van der Waals surface area contributed by atoms with Crippen molar-refractivity contribution < 1.29 is 13.2 Å². The fraction of sp³-hybridized carbons (Fsp3) is 0.625. The highest BCUT2D eigenvalue weighted by molar-refractivity contribution is 5.32. The summed E-state index contributed by atoms with van der Waals surface area (Å²) in [6.07, 6.45) is -1.19. The number of rotatable bonds is 4. The van der Waals surface area contributed by atoms with E-state index in [1.54, 1.807) is 12.1 Å². The Morgan fingerprint density at radius 2 is 2.05 bits per heavy atom. The minimum Gasteiger partial charge on any atom is -0.330 e. The summed E-state index contributed by atoms with van der Waals surface area (Å²) in [5.74, 6) is 0.504. The molecule has 1 saturated heterocycles. The summed E-state index contributed by atoms with van der Waals surface area (Å²) in [5.41, 5.74) is 5.46. The molecule has 2 N–H and O–H groups in total. The van der Waals surface area contributed by atoms with Crippen LogP contribution in [-0.4, -0.2) is 24.5 Å². The van der Waals surface area contributed by atoms with Crippen LogP contribution in [0.1, 0.15) is 43.4 Å². The first-order chi connectivity index (χ1) is 9.93. The molecule has 2 atom stereocenters. The van der Waals surface area contributed by atoms with Crippen LogP contribution in [0, 0.1) is 5.92 Å². The number of nitrogens with zero attached hydrogens (tertiary/aromatic N) is 1. The van der Waals surface area contributed by atoms with Crippen molar-refractivity contribution in [3.8, 4) is 0 Å². The minimum absolute atomic E-state index is 0.219. The van der Waals surface area contributed by atoms with Gasteiger partial charge in [-0.2, -0.15) is 13.2 Å². The third kappa shape index (κ3) is 3.98. The second-order valence-electron chi connectivity index (χ2n) is 5.84. The Bertz CT molecular complexity index is 457. The molecule has 1 aliphatic rings. The van der Waals surface area contributed by atoms with Crippen molar-refractivity contribution >= 4 is 0 Å². The largest absolute Gasteiger partial charge is 0.416 e. The Morgan fingerprint density at radius 3 is 2.71 bits per heavy atom. The third-order valence-electron chi connectivity index (χ3n) is 4.39.